The minimum absolute atomic E-state index is 0.280. The van der Waals surface area contributed by atoms with Crippen LogP contribution in [-0.4, -0.2) is 50.1 Å². The number of guanidine groups is 1. The average Bonchev–Trinajstić information content (AvgIpc) is 3.41. The van der Waals surface area contributed by atoms with Crippen molar-refractivity contribution < 1.29 is 0 Å². The standard InChI is InChI=1S/C21H33BrN4/c1-16(2)14-26-11-7-19(8-12-26)25-20(23-3)24-15-21(9-10-21)17-5-4-6-18(22)13-17/h4-6,13,16,19H,7-12,14-15H2,1-3H3,(H2,23,24,25). The van der Waals surface area contributed by atoms with Crippen LogP contribution < -0.4 is 10.6 Å². The Kier molecular flexibility index (Phi) is 6.62. The summed E-state index contributed by atoms with van der Waals surface area (Å²) < 4.78 is 1.16. The van der Waals surface area contributed by atoms with Crippen LogP contribution in [-0.2, 0) is 5.41 Å². The summed E-state index contributed by atoms with van der Waals surface area (Å²) in [6.45, 7) is 9.15. The van der Waals surface area contributed by atoms with Crippen LogP contribution in [0.15, 0.2) is 33.7 Å². The molecule has 1 saturated carbocycles. The van der Waals surface area contributed by atoms with Crippen molar-refractivity contribution in [3.05, 3.63) is 34.3 Å². The maximum Gasteiger partial charge on any atom is 0.191 e. The summed E-state index contributed by atoms with van der Waals surface area (Å²) in [6.07, 6.45) is 4.90. The fourth-order valence-electron chi connectivity index (χ4n) is 3.95. The summed E-state index contributed by atoms with van der Waals surface area (Å²) in [5, 5.41) is 7.24. The lowest BCUT2D eigenvalue weighted by Gasteiger charge is -2.34. The number of halogens is 1. The fourth-order valence-corrected chi connectivity index (χ4v) is 4.35. The average molecular weight is 421 g/mol. The Hall–Kier alpha value is -1.07. The van der Waals surface area contributed by atoms with Crippen LogP contribution in [0.3, 0.4) is 0 Å². The molecule has 0 atom stereocenters. The summed E-state index contributed by atoms with van der Waals surface area (Å²) in [4.78, 5) is 7.05. The zero-order chi connectivity index (χ0) is 18.6. The Balaban J connectivity index is 1.47. The van der Waals surface area contributed by atoms with E-state index in [9.17, 15) is 0 Å². The van der Waals surface area contributed by atoms with Crippen molar-refractivity contribution in [2.45, 2.75) is 51.0 Å². The molecule has 26 heavy (non-hydrogen) atoms. The van der Waals surface area contributed by atoms with Crippen LogP contribution in [0.5, 0.6) is 0 Å². The largest absolute Gasteiger partial charge is 0.356 e. The van der Waals surface area contributed by atoms with Crippen molar-refractivity contribution in [3.8, 4) is 0 Å². The minimum atomic E-state index is 0.280. The van der Waals surface area contributed by atoms with Gasteiger partial charge in [-0.15, -0.1) is 0 Å². The van der Waals surface area contributed by atoms with Gasteiger partial charge in [0.15, 0.2) is 5.96 Å². The SMILES string of the molecule is CN=C(NCC1(c2cccc(Br)c2)CC1)NC1CCN(CC(C)C)CC1. The van der Waals surface area contributed by atoms with E-state index in [1.165, 1.54) is 50.9 Å². The van der Waals surface area contributed by atoms with Gasteiger partial charge < -0.3 is 15.5 Å². The van der Waals surface area contributed by atoms with E-state index in [-0.39, 0.29) is 5.41 Å². The molecule has 1 aromatic carbocycles. The summed E-state index contributed by atoms with van der Waals surface area (Å²) in [5.74, 6) is 1.70. The predicted octanol–water partition coefficient (Wildman–Crippen LogP) is 3.77. The maximum absolute atomic E-state index is 4.46. The van der Waals surface area contributed by atoms with Crippen molar-refractivity contribution in [1.29, 1.82) is 0 Å². The van der Waals surface area contributed by atoms with E-state index in [1.807, 2.05) is 7.05 Å². The number of rotatable bonds is 6. The van der Waals surface area contributed by atoms with E-state index in [4.69, 9.17) is 0 Å². The molecule has 144 valence electrons. The summed E-state index contributed by atoms with van der Waals surface area (Å²) >= 11 is 3.60. The van der Waals surface area contributed by atoms with Gasteiger partial charge in [0, 0.05) is 49.2 Å². The van der Waals surface area contributed by atoms with Crippen LogP contribution in [0.2, 0.25) is 0 Å². The first-order valence-electron chi connectivity index (χ1n) is 9.96. The summed E-state index contributed by atoms with van der Waals surface area (Å²) in [6, 6.07) is 9.28. The lowest BCUT2D eigenvalue weighted by molar-refractivity contribution is 0.187. The topological polar surface area (TPSA) is 39.7 Å². The van der Waals surface area contributed by atoms with E-state index in [1.54, 1.807) is 0 Å². The number of piperidine rings is 1. The highest BCUT2D eigenvalue weighted by Crippen LogP contribution is 2.48. The highest BCUT2D eigenvalue weighted by atomic mass is 79.9. The normalized spacial score (nSPS) is 21.0. The quantitative estimate of drug-likeness (QED) is 0.543. The Morgan fingerprint density at radius 1 is 1.31 bits per heavy atom. The highest BCUT2D eigenvalue weighted by Gasteiger charge is 2.44. The van der Waals surface area contributed by atoms with Crippen LogP contribution >= 0.6 is 15.9 Å². The molecule has 0 bridgehead atoms. The molecule has 1 aliphatic carbocycles. The Morgan fingerprint density at radius 3 is 2.62 bits per heavy atom. The molecule has 0 spiro atoms. The summed E-state index contributed by atoms with van der Waals surface area (Å²) in [7, 11) is 1.88. The van der Waals surface area contributed by atoms with Crippen LogP contribution in [0.4, 0.5) is 0 Å². The number of likely N-dealkylation sites (tertiary alicyclic amines) is 1. The van der Waals surface area contributed by atoms with Gasteiger partial charge in [0.25, 0.3) is 0 Å². The van der Waals surface area contributed by atoms with Gasteiger partial charge in [-0.05, 0) is 49.3 Å². The molecule has 5 heteroatoms. The van der Waals surface area contributed by atoms with Gasteiger partial charge in [0.05, 0.1) is 0 Å². The number of hydrogen-bond acceptors (Lipinski definition) is 2. The first-order chi connectivity index (χ1) is 12.5. The molecule has 2 aliphatic rings. The maximum atomic E-state index is 4.46. The van der Waals surface area contributed by atoms with Crippen molar-refractivity contribution >= 4 is 21.9 Å². The number of nitrogens with zero attached hydrogens (tertiary/aromatic N) is 2. The zero-order valence-electron chi connectivity index (χ0n) is 16.4. The molecule has 0 unspecified atom stereocenters. The van der Waals surface area contributed by atoms with Crippen molar-refractivity contribution in [2.24, 2.45) is 10.9 Å². The van der Waals surface area contributed by atoms with Crippen molar-refractivity contribution in [2.75, 3.05) is 33.2 Å². The Bertz CT molecular complexity index is 616. The van der Waals surface area contributed by atoms with Gasteiger partial charge in [-0.25, -0.2) is 0 Å². The van der Waals surface area contributed by atoms with Gasteiger partial charge in [0.2, 0.25) is 0 Å². The van der Waals surface area contributed by atoms with Crippen LogP contribution in [0, 0.1) is 5.92 Å². The third-order valence-corrected chi connectivity index (χ3v) is 6.15. The summed E-state index contributed by atoms with van der Waals surface area (Å²) in [5.41, 5.74) is 1.71. The van der Waals surface area contributed by atoms with Gasteiger partial charge in [-0.3, -0.25) is 4.99 Å². The molecule has 1 heterocycles. The molecule has 1 aliphatic heterocycles. The first-order valence-corrected chi connectivity index (χ1v) is 10.8. The lowest BCUT2D eigenvalue weighted by atomic mass is 9.96. The van der Waals surface area contributed by atoms with Gasteiger partial charge in [0.1, 0.15) is 0 Å². The molecule has 2 fully saturated rings. The van der Waals surface area contributed by atoms with E-state index >= 15 is 0 Å². The van der Waals surface area contributed by atoms with Crippen LogP contribution in [0.25, 0.3) is 0 Å². The number of nitrogens with one attached hydrogen (secondary N) is 2. The highest BCUT2D eigenvalue weighted by molar-refractivity contribution is 9.10. The number of benzene rings is 1. The lowest BCUT2D eigenvalue weighted by Crippen LogP contribution is -2.50. The van der Waals surface area contributed by atoms with Crippen molar-refractivity contribution in [1.82, 2.24) is 15.5 Å². The van der Waals surface area contributed by atoms with Gasteiger partial charge in [-0.1, -0.05) is 41.9 Å². The molecule has 2 N–H and O–H groups in total. The second kappa shape index (κ2) is 8.75. The second-order valence-electron chi connectivity index (χ2n) is 8.33. The monoisotopic (exact) mass is 420 g/mol. The second-order valence-corrected chi connectivity index (χ2v) is 9.25. The molecule has 0 aromatic heterocycles. The third-order valence-electron chi connectivity index (χ3n) is 5.66. The Labute approximate surface area is 167 Å². The molecular formula is C21H33BrN4. The van der Waals surface area contributed by atoms with Crippen LogP contribution in [0.1, 0.15) is 45.1 Å². The van der Waals surface area contributed by atoms with Gasteiger partial charge in [-0.2, -0.15) is 0 Å². The van der Waals surface area contributed by atoms with Crippen molar-refractivity contribution in [3.63, 3.8) is 0 Å². The zero-order valence-corrected chi connectivity index (χ0v) is 18.0. The molecule has 4 nitrogen and oxygen atoms in total. The van der Waals surface area contributed by atoms with Gasteiger partial charge >= 0.3 is 0 Å². The minimum Gasteiger partial charge on any atom is -0.356 e. The molecule has 3 rings (SSSR count). The molecule has 0 amide bonds. The Morgan fingerprint density at radius 2 is 2.04 bits per heavy atom. The molecule has 0 radical (unpaired) electrons. The number of hydrogen-bond donors (Lipinski definition) is 2. The number of aliphatic imine (C=N–C) groups is 1. The predicted molar refractivity (Wildman–Crippen MR) is 114 cm³/mol. The fraction of sp³-hybridized carbons (Fsp3) is 0.667. The molecule has 1 saturated heterocycles. The van der Waals surface area contributed by atoms with E-state index < -0.39 is 0 Å². The first kappa shape index (κ1) is 19.7. The molecular weight excluding hydrogens is 388 g/mol. The smallest absolute Gasteiger partial charge is 0.191 e. The van der Waals surface area contributed by atoms with E-state index in [0.717, 1.165) is 22.9 Å². The van der Waals surface area contributed by atoms with E-state index in [2.05, 4.69) is 74.6 Å². The third kappa shape index (κ3) is 5.23. The van der Waals surface area contributed by atoms with E-state index in [0.29, 0.717) is 6.04 Å². The molecule has 1 aromatic rings.